The van der Waals surface area contributed by atoms with Crippen LogP contribution in [0.3, 0.4) is 0 Å². The molecule has 0 fully saturated rings. The summed E-state index contributed by atoms with van der Waals surface area (Å²) in [6, 6.07) is -0.639. The zero-order chi connectivity index (χ0) is 9.84. The van der Waals surface area contributed by atoms with Crippen molar-refractivity contribution in [2.75, 3.05) is 0 Å². The van der Waals surface area contributed by atoms with Gasteiger partial charge in [-0.05, 0) is 0 Å². The minimum atomic E-state index is -0.639. The number of amides is 1. The third kappa shape index (κ3) is 2.29. The molecule has 1 amide bonds. The lowest BCUT2D eigenvalue weighted by molar-refractivity contribution is -0.119. The molecule has 0 aliphatic rings. The Bertz CT molecular complexity index is 294. The number of nitrogens with two attached hydrogens (primary N) is 2. The lowest BCUT2D eigenvalue weighted by Gasteiger charge is -2.10. The molecule has 1 aromatic rings. The largest absolute Gasteiger partial charge is 0.368 e. The second-order valence-electron chi connectivity index (χ2n) is 2.86. The average Bonchev–Trinajstić information content (AvgIpc) is 2.51. The molecular weight excluding hydrogens is 168 g/mol. The van der Waals surface area contributed by atoms with E-state index in [2.05, 4.69) is 4.98 Å². The van der Waals surface area contributed by atoms with Crippen LogP contribution in [0.1, 0.15) is 12.7 Å². The lowest BCUT2D eigenvalue weighted by Crippen LogP contribution is -2.40. The lowest BCUT2D eigenvalue weighted by atomic mass is 10.3. The Morgan fingerprint density at radius 1 is 1.77 bits per heavy atom. The normalized spacial score (nSPS) is 12.8. The van der Waals surface area contributed by atoms with Crippen molar-refractivity contribution < 1.29 is 4.79 Å². The van der Waals surface area contributed by atoms with Gasteiger partial charge in [-0.1, -0.05) is 6.92 Å². The molecule has 0 aliphatic carbocycles. The van der Waals surface area contributed by atoms with Crippen LogP contribution in [-0.2, 0) is 17.8 Å². The van der Waals surface area contributed by atoms with Crippen molar-refractivity contribution in [3.05, 3.63) is 18.2 Å². The summed E-state index contributed by atoms with van der Waals surface area (Å²) in [5, 5.41) is 0. The van der Waals surface area contributed by atoms with E-state index in [1.54, 1.807) is 12.4 Å². The average molecular weight is 182 g/mol. The number of nitrogens with zero attached hydrogens (tertiary/aromatic N) is 2. The smallest absolute Gasteiger partial charge is 0.236 e. The molecule has 0 aliphatic heterocycles. The summed E-state index contributed by atoms with van der Waals surface area (Å²) < 4.78 is 1.84. The number of aromatic nitrogens is 2. The number of carbonyl (C=O) groups excluding carboxylic acids is 1. The van der Waals surface area contributed by atoms with E-state index < -0.39 is 11.9 Å². The molecule has 4 N–H and O–H groups in total. The molecule has 1 heterocycles. The first-order valence-corrected chi connectivity index (χ1v) is 4.20. The zero-order valence-electron chi connectivity index (χ0n) is 7.60. The second-order valence-corrected chi connectivity index (χ2v) is 2.86. The van der Waals surface area contributed by atoms with Gasteiger partial charge in [-0.3, -0.25) is 4.79 Å². The summed E-state index contributed by atoms with van der Waals surface area (Å²) in [5.74, 6) is 0.424. The van der Waals surface area contributed by atoms with E-state index in [4.69, 9.17) is 11.5 Å². The predicted octanol–water partition coefficient (Wildman–Crippen LogP) is -0.742. The summed E-state index contributed by atoms with van der Waals surface area (Å²) in [7, 11) is 0. The van der Waals surface area contributed by atoms with Crippen molar-refractivity contribution in [2.45, 2.75) is 25.9 Å². The van der Waals surface area contributed by atoms with Crippen LogP contribution >= 0.6 is 0 Å². The minimum absolute atomic E-state index is 0.401. The minimum Gasteiger partial charge on any atom is -0.368 e. The van der Waals surface area contributed by atoms with Crippen LogP contribution in [-0.4, -0.2) is 21.5 Å². The van der Waals surface area contributed by atoms with Gasteiger partial charge in [0.2, 0.25) is 5.91 Å². The molecule has 1 atom stereocenters. The van der Waals surface area contributed by atoms with E-state index in [0.717, 1.165) is 12.2 Å². The van der Waals surface area contributed by atoms with Gasteiger partial charge in [-0.25, -0.2) is 4.98 Å². The van der Waals surface area contributed by atoms with Gasteiger partial charge >= 0.3 is 0 Å². The van der Waals surface area contributed by atoms with Crippen LogP contribution < -0.4 is 11.5 Å². The maximum absolute atomic E-state index is 10.7. The first kappa shape index (κ1) is 9.73. The van der Waals surface area contributed by atoms with Crippen molar-refractivity contribution in [2.24, 2.45) is 11.5 Å². The van der Waals surface area contributed by atoms with Crippen LogP contribution in [0, 0.1) is 0 Å². The Morgan fingerprint density at radius 2 is 2.46 bits per heavy atom. The third-order valence-electron chi connectivity index (χ3n) is 1.88. The van der Waals surface area contributed by atoms with Crippen molar-refractivity contribution in [1.29, 1.82) is 0 Å². The molecule has 0 spiro atoms. The maximum atomic E-state index is 10.7. The summed E-state index contributed by atoms with van der Waals surface area (Å²) in [6.45, 7) is 2.40. The van der Waals surface area contributed by atoms with Crippen LogP contribution in [0.5, 0.6) is 0 Å². The van der Waals surface area contributed by atoms with Crippen molar-refractivity contribution in [3.63, 3.8) is 0 Å². The van der Waals surface area contributed by atoms with Crippen molar-refractivity contribution in [3.8, 4) is 0 Å². The van der Waals surface area contributed by atoms with E-state index in [0.29, 0.717) is 6.54 Å². The fourth-order valence-corrected chi connectivity index (χ4v) is 1.12. The summed E-state index contributed by atoms with van der Waals surface area (Å²) >= 11 is 0. The topological polar surface area (TPSA) is 86.9 Å². The number of carbonyl (C=O) groups is 1. The maximum Gasteiger partial charge on any atom is 0.236 e. The fourth-order valence-electron chi connectivity index (χ4n) is 1.12. The third-order valence-corrected chi connectivity index (χ3v) is 1.88. The molecule has 1 rings (SSSR count). The van der Waals surface area contributed by atoms with Gasteiger partial charge in [0.1, 0.15) is 11.9 Å². The predicted molar refractivity (Wildman–Crippen MR) is 48.8 cm³/mol. The fraction of sp³-hybridized carbons (Fsp3) is 0.500. The molecular formula is C8H14N4O. The van der Waals surface area contributed by atoms with Gasteiger partial charge < -0.3 is 16.0 Å². The van der Waals surface area contributed by atoms with Gasteiger partial charge in [0.15, 0.2) is 0 Å². The van der Waals surface area contributed by atoms with E-state index in [1.807, 2.05) is 11.5 Å². The molecule has 13 heavy (non-hydrogen) atoms. The molecule has 0 saturated carbocycles. The first-order valence-electron chi connectivity index (χ1n) is 4.20. The van der Waals surface area contributed by atoms with Gasteiger partial charge in [-0.15, -0.1) is 0 Å². The van der Waals surface area contributed by atoms with Crippen LogP contribution in [0.25, 0.3) is 0 Å². The van der Waals surface area contributed by atoms with Crippen LogP contribution in [0.15, 0.2) is 12.4 Å². The summed E-state index contributed by atoms with van der Waals surface area (Å²) in [6.07, 6.45) is 4.30. The molecule has 5 heteroatoms. The Labute approximate surface area is 76.7 Å². The molecule has 0 aromatic carbocycles. The Hall–Kier alpha value is -1.36. The van der Waals surface area contributed by atoms with Gasteiger partial charge in [0.05, 0.1) is 0 Å². The molecule has 1 unspecified atom stereocenters. The molecule has 0 bridgehead atoms. The van der Waals surface area contributed by atoms with Crippen molar-refractivity contribution >= 4 is 5.91 Å². The first-order chi connectivity index (χ1) is 6.15. The van der Waals surface area contributed by atoms with Gasteiger partial charge in [0.25, 0.3) is 0 Å². The highest BCUT2D eigenvalue weighted by molar-refractivity contribution is 5.79. The van der Waals surface area contributed by atoms with Crippen LogP contribution in [0.4, 0.5) is 0 Å². The second kappa shape index (κ2) is 4.04. The van der Waals surface area contributed by atoms with E-state index in [1.165, 1.54) is 0 Å². The number of primary amides is 1. The van der Waals surface area contributed by atoms with E-state index in [-0.39, 0.29) is 0 Å². The zero-order valence-corrected chi connectivity index (χ0v) is 7.60. The number of rotatable bonds is 4. The summed E-state index contributed by atoms with van der Waals surface area (Å²) in [4.78, 5) is 14.8. The Balaban J connectivity index is 2.68. The SMILES string of the molecule is CCc1nccn1CC(N)C(N)=O. The number of hydrogen-bond donors (Lipinski definition) is 2. The van der Waals surface area contributed by atoms with Gasteiger partial charge in [-0.2, -0.15) is 0 Å². The number of imidazole rings is 1. The Kier molecular flexibility index (Phi) is 3.02. The highest BCUT2D eigenvalue weighted by atomic mass is 16.1. The Morgan fingerprint density at radius 3 is 3.00 bits per heavy atom. The van der Waals surface area contributed by atoms with Crippen LogP contribution in [0.2, 0.25) is 0 Å². The van der Waals surface area contributed by atoms with Crippen molar-refractivity contribution in [1.82, 2.24) is 9.55 Å². The molecule has 0 radical (unpaired) electrons. The standard InChI is InChI=1S/C8H14N4O/c1-2-7-11-3-4-12(7)5-6(9)8(10)13/h3-4,6H,2,5,9H2,1H3,(H2,10,13). The number of hydrogen-bond acceptors (Lipinski definition) is 3. The quantitative estimate of drug-likeness (QED) is 0.642. The molecule has 1 aromatic heterocycles. The number of aryl methyl sites for hydroxylation is 1. The highest BCUT2D eigenvalue weighted by Crippen LogP contribution is 1.99. The monoisotopic (exact) mass is 182 g/mol. The molecule has 0 saturated heterocycles. The molecule has 5 nitrogen and oxygen atoms in total. The van der Waals surface area contributed by atoms with E-state index >= 15 is 0 Å². The van der Waals surface area contributed by atoms with E-state index in [9.17, 15) is 4.79 Å². The molecule has 72 valence electrons. The van der Waals surface area contributed by atoms with Gasteiger partial charge in [0, 0.05) is 25.4 Å². The summed E-state index contributed by atoms with van der Waals surface area (Å²) in [5.41, 5.74) is 10.6. The highest BCUT2D eigenvalue weighted by Gasteiger charge is 2.11.